The highest BCUT2D eigenvalue weighted by atomic mass is 79.9. The van der Waals surface area contributed by atoms with Crippen LogP contribution in [0.2, 0.25) is 0 Å². The number of rotatable bonds is 19. The first-order valence-corrected chi connectivity index (χ1v) is 15.6. The lowest BCUT2D eigenvalue weighted by Gasteiger charge is -2.13. The maximum atomic E-state index is 13.0. The number of benzene rings is 2. The fourth-order valence-corrected chi connectivity index (χ4v) is 5.54. The number of nitrogens with zero attached hydrogens (tertiary/aromatic N) is 1. The maximum Gasteiger partial charge on any atom is 0.228 e. The van der Waals surface area contributed by atoms with Gasteiger partial charge in [0.2, 0.25) is 11.4 Å². The largest absolute Gasteiger partial charge is 1.00 e. The highest BCUT2D eigenvalue weighted by Crippen LogP contribution is 2.21. The standard InChI is InChI=1S/C33H46N2O2S.BrH/c1-3-4-5-6-7-8-9-10-11-12-13-18-23-37-32-22-17-15-19-29(32)24-33(36)34-31-21-16-14-20-30(31)25-35-27-38-26-28(35)2;/h14-17,19-22,26-27H,3-13,18,23-25H2,1-2H3;1H. The predicted molar refractivity (Wildman–Crippen MR) is 160 cm³/mol. The fourth-order valence-electron chi connectivity index (χ4n) is 4.76. The summed E-state index contributed by atoms with van der Waals surface area (Å²) in [5.74, 6) is 0.800. The molecule has 0 aliphatic heterocycles. The molecular weight excluding hydrogens is 568 g/mol. The summed E-state index contributed by atoms with van der Waals surface area (Å²) in [6.07, 6.45) is 16.3. The quantitative estimate of drug-likeness (QED) is 0.140. The molecule has 6 heteroatoms. The summed E-state index contributed by atoms with van der Waals surface area (Å²) in [5.41, 5.74) is 6.23. The number of para-hydroxylation sites is 2. The van der Waals surface area contributed by atoms with Gasteiger partial charge in [0, 0.05) is 18.1 Å². The minimum atomic E-state index is -0.0223. The zero-order valence-electron chi connectivity index (χ0n) is 23.9. The van der Waals surface area contributed by atoms with E-state index < -0.39 is 0 Å². The molecule has 39 heavy (non-hydrogen) atoms. The van der Waals surface area contributed by atoms with Crippen LogP contribution in [0.15, 0.2) is 59.4 Å². The lowest BCUT2D eigenvalue weighted by molar-refractivity contribution is -0.689. The molecule has 0 unspecified atom stereocenters. The van der Waals surface area contributed by atoms with Gasteiger partial charge in [-0.2, -0.15) is 4.57 Å². The third-order valence-corrected chi connectivity index (χ3v) is 7.94. The van der Waals surface area contributed by atoms with Gasteiger partial charge in [0.25, 0.3) is 0 Å². The zero-order valence-corrected chi connectivity index (χ0v) is 26.3. The van der Waals surface area contributed by atoms with E-state index in [2.05, 4.69) is 40.7 Å². The molecule has 2 aromatic carbocycles. The van der Waals surface area contributed by atoms with E-state index in [1.54, 1.807) is 11.3 Å². The number of carbonyl (C=O) groups excluding carboxylic acids is 1. The highest BCUT2D eigenvalue weighted by Gasteiger charge is 2.14. The van der Waals surface area contributed by atoms with Crippen molar-refractivity contribution in [3.05, 3.63) is 76.2 Å². The topological polar surface area (TPSA) is 42.2 Å². The second-order valence-electron chi connectivity index (χ2n) is 10.4. The van der Waals surface area contributed by atoms with Crippen LogP contribution in [-0.2, 0) is 17.8 Å². The molecular formula is C33H47BrN2O2S. The molecule has 1 heterocycles. The smallest absolute Gasteiger partial charge is 0.228 e. The second kappa shape index (κ2) is 19.8. The molecule has 1 amide bonds. The number of unbranched alkanes of at least 4 members (excludes halogenated alkanes) is 11. The van der Waals surface area contributed by atoms with Crippen molar-refractivity contribution < 1.29 is 31.1 Å². The SMILES string of the molecule is CCCCCCCCCCCCCCOc1ccccc1CC(=O)Nc1ccccc1C[n+]1cscc1C.[Br-]. The first-order valence-electron chi connectivity index (χ1n) is 14.7. The van der Waals surface area contributed by atoms with E-state index >= 15 is 0 Å². The molecule has 3 aromatic rings. The third-order valence-electron chi connectivity index (χ3n) is 7.09. The molecule has 1 aromatic heterocycles. The van der Waals surface area contributed by atoms with Gasteiger partial charge in [0.15, 0.2) is 12.2 Å². The van der Waals surface area contributed by atoms with Crippen LogP contribution in [0.1, 0.15) is 101 Å². The number of hydrogen-bond donors (Lipinski definition) is 1. The molecule has 0 aliphatic carbocycles. The normalized spacial score (nSPS) is 10.7. The van der Waals surface area contributed by atoms with Crippen LogP contribution >= 0.6 is 11.3 Å². The van der Waals surface area contributed by atoms with Crippen LogP contribution < -0.4 is 31.6 Å². The molecule has 0 saturated carbocycles. The predicted octanol–water partition coefficient (Wildman–Crippen LogP) is 5.66. The van der Waals surface area contributed by atoms with Crippen molar-refractivity contribution in [2.75, 3.05) is 11.9 Å². The Morgan fingerprint density at radius 2 is 1.41 bits per heavy atom. The number of nitrogens with one attached hydrogen (secondary N) is 1. The van der Waals surface area contributed by atoms with Crippen molar-refractivity contribution >= 4 is 22.9 Å². The van der Waals surface area contributed by atoms with Crippen molar-refractivity contribution in [2.24, 2.45) is 0 Å². The van der Waals surface area contributed by atoms with Crippen LogP contribution in [-0.4, -0.2) is 12.5 Å². The van der Waals surface area contributed by atoms with E-state index in [0.29, 0.717) is 13.0 Å². The Kier molecular flexibility index (Phi) is 16.8. The van der Waals surface area contributed by atoms with Gasteiger partial charge in [-0.3, -0.25) is 4.79 Å². The number of thiazole rings is 1. The molecule has 0 spiro atoms. The van der Waals surface area contributed by atoms with Crippen molar-refractivity contribution in [2.45, 2.75) is 104 Å². The Labute approximate surface area is 251 Å². The Morgan fingerprint density at radius 1 is 0.821 bits per heavy atom. The number of ether oxygens (including phenoxy) is 1. The van der Waals surface area contributed by atoms with Gasteiger partial charge < -0.3 is 27.0 Å². The molecule has 214 valence electrons. The number of aromatic nitrogens is 1. The Balaban J connectivity index is 0.00000533. The molecule has 1 N–H and O–H groups in total. The third kappa shape index (κ3) is 12.7. The summed E-state index contributed by atoms with van der Waals surface area (Å²) < 4.78 is 8.31. The van der Waals surface area contributed by atoms with Crippen molar-refractivity contribution in [1.29, 1.82) is 0 Å². The van der Waals surface area contributed by atoms with Gasteiger partial charge in [0.1, 0.15) is 5.75 Å². The summed E-state index contributed by atoms with van der Waals surface area (Å²) in [4.78, 5) is 13.0. The molecule has 0 bridgehead atoms. The number of hydrogen-bond acceptors (Lipinski definition) is 3. The van der Waals surface area contributed by atoms with E-state index in [0.717, 1.165) is 35.5 Å². The number of halogens is 1. The first-order chi connectivity index (χ1) is 18.7. The van der Waals surface area contributed by atoms with Crippen LogP contribution in [0.4, 0.5) is 5.69 Å². The maximum absolute atomic E-state index is 13.0. The molecule has 0 aliphatic rings. The molecule has 0 fully saturated rings. The second-order valence-corrected chi connectivity index (χ2v) is 11.1. The highest BCUT2D eigenvalue weighted by molar-refractivity contribution is 7.07. The van der Waals surface area contributed by atoms with Crippen LogP contribution in [0.3, 0.4) is 0 Å². The molecule has 0 atom stereocenters. The monoisotopic (exact) mass is 614 g/mol. The Morgan fingerprint density at radius 3 is 2.05 bits per heavy atom. The van der Waals surface area contributed by atoms with E-state index in [1.165, 1.54) is 76.3 Å². The summed E-state index contributed by atoms with van der Waals surface area (Å²) in [5, 5.41) is 5.27. The van der Waals surface area contributed by atoms with Crippen molar-refractivity contribution in [3.63, 3.8) is 0 Å². The van der Waals surface area contributed by atoms with E-state index in [9.17, 15) is 4.79 Å². The van der Waals surface area contributed by atoms with Gasteiger partial charge in [-0.25, -0.2) is 0 Å². The van der Waals surface area contributed by atoms with Gasteiger partial charge in [-0.1, -0.05) is 125 Å². The lowest BCUT2D eigenvalue weighted by atomic mass is 10.1. The summed E-state index contributed by atoms with van der Waals surface area (Å²) in [7, 11) is 0. The molecule has 3 rings (SSSR count). The number of anilines is 1. The van der Waals surface area contributed by atoms with Crippen LogP contribution in [0.25, 0.3) is 0 Å². The van der Waals surface area contributed by atoms with Crippen LogP contribution in [0, 0.1) is 6.92 Å². The number of carbonyl (C=O) groups is 1. The number of amides is 1. The zero-order chi connectivity index (χ0) is 26.8. The lowest BCUT2D eigenvalue weighted by Crippen LogP contribution is -3.00. The van der Waals surface area contributed by atoms with E-state index in [4.69, 9.17) is 4.74 Å². The summed E-state index contributed by atoms with van der Waals surface area (Å²) in [6.45, 7) is 5.82. The van der Waals surface area contributed by atoms with Gasteiger partial charge in [0.05, 0.1) is 24.1 Å². The van der Waals surface area contributed by atoms with Gasteiger partial charge >= 0.3 is 0 Å². The minimum Gasteiger partial charge on any atom is -1.00 e. The van der Waals surface area contributed by atoms with E-state index in [1.807, 2.05) is 42.5 Å². The fraction of sp³-hybridized carbons (Fsp3) is 0.515. The molecule has 0 radical (unpaired) electrons. The number of aryl methyl sites for hydroxylation is 1. The first kappa shape index (κ1) is 33.0. The van der Waals surface area contributed by atoms with Crippen LogP contribution in [0.5, 0.6) is 5.75 Å². The van der Waals surface area contributed by atoms with E-state index in [-0.39, 0.29) is 22.9 Å². The van der Waals surface area contributed by atoms with Crippen molar-refractivity contribution in [1.82, 2.24) is 0 Å². The minimum absolute atomic E-state index is 0. The molecule has 0 saturated heterocycles. The Bertz CT molecular complexity index is 1080. The summed E-state index contributed by atoms with van der Waals surface area (Å²) in [6, 6.07) is 16.0. The molecule has 4 nitrogen and oxygen atoms in total. The van der Waals surface area contributed by atoms with Crippen molar-refractivity contribution in [3.8, 4) is 5.75 Å². The summed E-state index contributed by atoms with van der Waals surface area (Å²) >= 11 is 1.69. The average molecular weight is 616 g/mol. The average Bonchev–Trinajstić information content (AvgIpc) is 3.33. The Hall–Kier alpha value is -2.18. The van der Waals surface area contributed by atoms with Gasteiger partial charge in [-0.15, -0.1) is 0 Å². The van der Waals surface area contributed by atoms with Gasteiger partial charge in [-0.05, 0) is 18.6 Å².